The maximum atomic E-state index is 5.53. The van der Waals surface area contributed by atoms with Crippen LogP contribution in [-0.2, 0) is 6.54 Å². The molecule has 0 saturated heterocycles. The number of nitrogens with two attached hydrogens (primary N) is 1. The second-order valence-corrected chi connectivity index (χ2v) is 3.77. The number of aromatic nitrogens is 2. The molecule has 4 N–H and O–H groups in total. The Morgan fingerprint density at radius 3 is 3.20 bits per heavy atom. The number of H-pyrrole nitrogens is 1. The molecule has 15 heavy (non-hydrogen) atoms. The first kappa shape index (κ1) is 10.1. The van der Waals surface area contributed by atoms with Gasteiger partial charge in [0.05, 0.1) is 17.4 Å². The molecule has 4 nitrogen and oxygen atoms in total. The lowest BCUT2D eigenvalue weighted by Crippen LogP contribution is -2.32. The Morgan fingerprint density at radius 2 is 2.40 bits per heavy atom. The summed E-state index contributed by atoms with van der Waals surface area (Å²) in [4.78, 5) is 7.27. The smallest absolute Gasteiger partial charge is 0.0931 e. The van der Waals surface area contributed by atoms with E-state index in [1.807, 2.05) is 6.07 Å². The monoisotopic (exact) mass is 204 g/mol. The predicted molar refractivity (Wildman–Crippen MR) is 61.4 cm³/mol. The van der Waals surface area contributed by atoms with Crippen molar-refractivity contribution >= 4 is 11.0 Å². The number of nitrogens with zero attached hydrogens (tertiary/aromatic N) is 1. The average molecular weight is 204 g/mol. The van der Waals surface area contributed by atoms with E-state index in [-0.39, 0.29) is 0 Å². The van der Waals surface area contributed by atoms with Crippen LogP contribution in [0, 0.1) is 0 Å². The number of aromatic amines is 1. The summed E-state index contributed by atoms with van der Waals surface area (Å²) in [5, 5.41) is 3.35. The van der Waals surface area contributed by atoms with Crippen LogP contribution in [0.4, 0.5) is 0 Å². The number of hydrogen-bond acceptors (Lipinski definition) is 3. The molecule has 1 atom stereocenters. The Morgan fingerprint density at radius 1 is 1.53 bits per heavy atom. The minimum Gasteiger partial charge on any atom is -0.345 e. The Labute approximate surface area is 88.9 Å². The summed E-state index contributed by atoms with van der Waals surface area (Å²) in [6, 6.07) is 6.57. The van der Waals surface area contributed by atoms with Gasteiger partial charge in [0.1, 0.15) is 0 Å². The van der Waals surface area contributed by atoms with E-state index < -0.39 is 0 Å². The third-order valence-electron chi connectivity index (χ3n) is 2.49. The average Bonchev–Trinajstić information content (AvgIpc) is 2.72. The quantitative estimate of drug-likeness (QED) is 0.696. The van der Waals surface area contributed by atoms with Crippen molar-refractivity contribution in [1.29, 1.82) is 0 Å². The van der Waals surface area contributed by atoms with Gasteiger partial charge in [0.15, 0.2) is 0 Å². The number of fused-ring (bicyclic) bond motifs is 1. The molecule has 2 aromatic rings. The minimum absolute atomic E-state index is 0.350. The molecule has 0 amide bonds. The van der Waals surface area contributed by atoms with Gasteiger partial charge in [0.25, 0.3) is 0 Å². The highest BCUT2D eigenvalue weighted by Gasteiger charge is 2.00. The second kappa shape index (κ2) is 4.42. The zero-order valence-corrected chi connectivity index (χ0v) is 8.83. The molecule has 80 valence electrons. The van der Waals surface area contributed by atoms with E-state index in [4.69, 9.17) is 5.73 Å². The van der Waals surface area contributed by atoms with Gasteiger partial charge in [-0.2, -0.15) is 0 Å². The van der Waals surface area contributed by atoms with Crippen molar-refractivity contribution in [3.8, 4) is 0 Å². The van der Waals surface area contributed by atoms with E-state index in [0.717, 1.165) is 17.6 Å². The van der Waals surface area contributed by atoms with Crippen molar-refractivity contribution in [3.05, 3.63) is 30.1 Å². The molecule has 1 aromatic carbocycles. The molecule has 0 bridgehead atoms. The number of nitrogens with one attached hydrogen (secondary N) is 2. The molecule has 1 aromatic heterocycles. The van der Waals surface area contributed by atoms with Crippen LogP contribution in [0.25, 0.3) is 11.0 Å². The zero-order chi connectivity index (χ0) is 10.7. The van der Waals surface area contributed by atoms with E-state index in [0.29, 0.717) is 12.6 Å². The highest BCUT2D eigenvalue weighted by molar-refractivity contribution is 5.74. The summed E-state index contributed by atoms with van der Waals surface area (Å²) in [6.45, 7) is 3.58. The second-order valence-electron chi connectivity index (χ2n) is 3.77. The summed E-state index contributed by atoms with van der Waals surface area (Å²) in [5.74, 6) is 0. The number of benzene rings is 1. The van der Waals surface area contributed by atoms with E-state index in [2.05, 4.69) is 34.3 Å². The molecule has 2 rings (SSSR count). The van der Waals surface area contributed by atoms with Crippen molar-refractivity contribution in [2.45, 2.75) is 19.5 Å². The van der Waals surface area contributed by atoms with Crippen LogP contribution in [0.2, 0.25) is 0 Å². The minimum atomic E-state index is 0.350. The first-order chi connectivity index (χ1) is 7.29. The standard InChI is InChI=1S/C11H16N4/c1-8(5-12)13-6-9-2-3-10-11(4-9)15-7-14-10/h2-4,7-8,13H,5-6,12H2,1H3,(H,14,15)/t8-/m0/s1. The van der Waals surface area contributed by atoms with Crippen molar-refractivity contribution in [2.24, 2.45) is 5.73 Å². The number of hydrogen-bond donors (Lipinski definition) is 3. The fourth-order valence-electron chi connectivity index (χ4n) is 1.47. The zero-order valence-electron chi connectivity index (χ0n) is 8.83. The van der Waals surface area contributed by atoms with Gasteiger partial charge in [-0.05, 0) is 24.6 Å². The van der Waals surface area contributed by atoms with Gasteiger partial charge in [-0.3, -0.25) is 0 Å². The molecular formula is C11H16N4. The molecule has 0 aliphatic rings. The molecule has 0 radical (unpaired) electrons. The van der Waals surface area contributed by atoms with Gasteiger partial charge in [0.2, 0.25) is 0 Å². The highest BCUT2D eigenvalue weighted by atomic mass is 14.9. The van der Waals surface area contributed by atoms with Crippen LogP contribution in [0.5, 0.6) is 0 Å². The van der Waals surface area contributed by atoms with Crippen LogP contribution >= 0.6 is 0 Å². The SMILES string of the molecule is C[C@@H](CN)NCc1ccc2nc[nH]c2c1. The van der Waals surface area contributed by atoms with E-state index in [1.165, 1.54) is 5.56 Å². The van der Waals surface area contributed by atoms with Crippen molar-refractivity contribution in [3.63, 3.8) is 0 Å². The maximum absolute atomic E-state index is 5.53. The summed E-state index contributed by atoms with van der Waals surface area (Å²) in [7, 11) is 0. The third-order valence-corrected chi connectivity index (χ3v) is 2.49. The van der Waals surface area contributed by atoms with E-state index >= 15 is 0 Å². The lowest BCUT2D eigenvalue weighted by Gasteiger charge is -2.10. The van der Waals surface area contributed by atoms with E-state index in [9.17, 15) is 0 Å². The fourth-order valence-corrected chi connectivity index (χ4v) is 1.47. The summed E-state index contributed by atoms with van der Waals surface area (Å²) >= 11 is 0. The maximum Gasteiger partial charge on any atom is 0.0931 e. The lowest BCUT2D eigenvalue weighted by atomic mass is 10.2. The van der Waals surface area contributed by atoms with Gasteiger partial charge < -0.3 is 16.0 Å². The molecule has 0 saturated carbocycles. The van der Waals surface area contributed by atoms with Gasteiger partial charge in [0, 0.05) is 19.1 Å². The Balaban J connectivity index is 2.08. The van der Waals surface area contributed by atoms with Crippen molar-refractivity contribution < 1.29 is 0 Å². The lowest BCUT2D eigenvalue weighted by molar-refractivity contribution is 0.556. The van der Waals surface area contributed by atoms with Crippen LogP contribution < -0.4 is 11.1 Å². The molecule has 4 heteroatoms. The van der Waals surface area contributed by atoms with Crippen LogP contribution in [0.3, 0.4) is 0 Å². The molecule has 0 fully saturated rings. The van der Waals surface area contributed by atoms with Gasteiger partial charge in [-0.25, -0.2) is 4.98 Å². The predicted octanol–water partition coefficient (Wildman–Crippen LogP) is 1.000. The molecular weight excluding hydrogens is 188 g/mol. The number of rotatable bonds is 4. The Kier molecular flexibility index (Phi) is 2.99. The van der Waals surface area contributed by atoms with Gasteiger partial charge in [-0.1, -0.05) is 6.07 Å². The first-order valence-electron chi connectivity index (χ1n) is 5.15. The van der Waals surface area contributed by atoms with Gasteiger partial charge in [-0.15, -0.1) is 0 Å². The van der Waals surface area contributed by atoms with E-state index in [1.54, 1.807) is 6.33 Å². The summed E-state index contributed by atoms with van der Waals surface area (Å²) < 4.78 is 0. The highest BCUT2D eigenvalue weighted by Crippen LogP contribution is 2.11. The van der Waals surface area contributed by atoms with Crippen LogP contribution in [-0.4, -0.2) is 22.6 Å². The molecule has 0 aliphatic heterocycles. The van der Waals surface area contributed by atoms with Crippen molar-refractivity contribution in [2.75, 3.05) is 6.54 Å². The Bertz CT molecular complexity index is 435. The Hall–Kier alpha value is -1.39. The first-order valence-corrected chi connectivity index (χ1v) is 5.15. The van der Waals surface area contributed by atoms with Crippen LogP contribution in [0.1, 0.15) is 12.5 Å². The molecule has 1 heterocycles. The summed E-state index contributed by atoms with van der Waals surface area (Å²) in [6.07, 6.45) is 1.71. The largest absolute Gasteiger partial charge is 0.345 e. The topological polar surface area (TPSA) is 66.7 Å². The fraction of sp³-hybridized carbons (Fsp3) is 0.364. The van der Waals surface area contributed by atoms with Crippen molar-refractivity contribution in [1.82, 2.24) is 15.3 Å². The third kappa shape index (κ3) is 2.34. The van der Waals surface area contributed by atoms with Crippen LogP contribution in [0.15, 0.2) is 24.5 Å². The number of imidazole rings is 1. The normalized spacial score (nSPS) is 13.2. The molecule has 0 spiro atoms. The molecule has 0 unspecified atom stereocenters. The molecule has 0 aliphatic carbocycles. The van der Waals surface area contributed by atoms with Gasteiger partial charge >= 0.3 is 0 Å². The summed E-state index contributed by atoms with van der Waals surface area (Å²) in [5.41, 5.74) is 8.86.